The third-order valence-electron chi connectivity index (χ3n) is 3.93. The van der Waals surface area contributed by atoms with Gasteiger partial charge in [-0.2, -0.15) is 4.52 Å². The van der Waals surface area contributed by atoms with Crippen molar-refractivity contribution in [3.63, 3.8) is 0 Å². The number of nitrogens with zero attached hydrogens (tertiary/aromatic N) is 4. The number of benzene rings is 1. The summed E-state index contributed by atoms with van der Waals surface area (Å²) in [6.07, 6.45) is 1.92. The Labute approximate surface area is 143 Å². The second-order valence-corrected chi connectivity index (χ2v) is 5.70. The summed E-state index contributed by atoms with van der Waals surface area (Å²) >= 11 is 0. The number of pyridine rings is 1. The first-order chi connectivity index (χ1) is 12.1. The summed E-state index contributed by atoms with van der Waals surface area (Å²) in [5, 5.41) is 7.27. The molecule has 4 aromatic rings. The Kier molecular flexibility index (Phi) is 3.46. The number of rotatable bonds is 3. The number of hydrogen-bond acceptors (Lipinski definition) is 4. The Bertz CT molecular complexity index is 1060. The lowest BCUT2D eigenvalue weighted by Crippen LogP contribution is -2.13. The molecule has 0 aliphatic carbocycles. The summed E-state index contributed by atoms with van der Waals surface area (Å²) in [6, 6.07) is 16.4. The lowest BCUT2D eigenvalue weighted by Gasteiger charge is -2.06. The van der Waals surface area contributed by atoms with Crippen LogP contribution in [0.3, 0.4) is 0 Å². The van der Waals surface area contributed by atoms with Crippen LogP contribution in [0, 0.1) is 0 Å². The fourth-order valence-electron chi connectivity index (χ4n) is 2.67. The van der Waals surface area contributed by atoms with Crippen molar-refractivity contribution in [2.45, 2.75) is 0 Å². The van der Waals surface area contributed by atoms with Gasteiger partial charge in [-0.15, -0.1) is 5.10 Å². The van der Waals surface area contributed by atoms with Crippen LogP contribution in [-0.4, -0.2) is 25.1 Å². The predicted molar refractivity (Wildman–Crippen MR) is 96.2 cm³/mol. The minimum absolute atomic E-state index is 0.246. The van der Waals surface area contributed by atoms with Gasteiger partial charge in [-0.3, -0.25) is 4.79 Å². The Hall–Kier alpha value is -3.61. The molecule has 3 N–H and O–H groups in total. The van der Waals surface area contributed by atoms with Crippen LogP contribution in [-0.2, 0) is 7.05 Å². The van der Waals surface area contributed by atoms with Gasteiger partial charge >= 0.3 is 0 Å². The van der Waals surface area contributed by atoms with E-state index in [1.54, 1.807) is 12.1 Å². The molecule has 0 bridgehead atoms. The van der Waals surface area contributed by atoms with Gasteiger partial charge in [0.1, 0.15) is 5.82 Å². The number of nitrogen functional groups attached to an aromatic ring is 1. The molecule has 0 aliphatic rings. The molecule has 0 fully saturated rings. The van der Waals surface area contributed by atoms with Crippen LogP contribution in [0.2, 0.25) is 0 Å². The molecule has 0 radical (unpaired) electrons. The second kappa shape index (κ2) is 5.79. The number of nitrogens with one attached hydrogen (secondary N) is 1. The van der Waals surface area contributed by atoms with Gasteiger partial charge in [0.25, 0.3) is 5.91 Å². The molecule has 3 heterocycles. The van der Waals surface area contributed by atoms with Gasteiger partial charge < -0.3 is 15.6 Å². The molecular formula is C18H16N6O. The van der Waals surface area contributed by atoms with Crippen LogP contribution >= 0.6 is 0 Å². The van der Waals surface area contributed by atoms with E-state index in [9.17, 15) is 4.79 Å². The number of aryl methyl sites for hydroxylation is 1. The van der Waals surface area contributed by atoms with E-state index in [2.05, 4.69) is 15.4 Å². The van der Waals surface area contributed by atoms with Crippen molar-refractivity contribution in [2.24, 2.45) is 7.05 Å². The molecule has 0 spiro atoms. The Morgan fingerprint density at radius 3 is 2.64 bits per heavy atom. The molecule has 0 unspecified atom stereocenters. The maximum atomic E-state index is 12.5. The molecule has 0 saturated carbocycles. The normalized spacial score (nSPS) is 10.9. The first-order valence-electron chi connectivity index (χ1n) is 7.76. The second-order valence-electron chi connectivity index (χ2n) is 5.70. The minimum Gasteiger partial charge on any atom is -0.384 e. The average molecular weight is 332 g/mol. The van der Waals surface area contributed by atoms with E-state index in [1.807, 2.05) is 60.3 Å². The van der Waals surface area contributed by atoms with Gasteiger partial charge in [0.05, 0.1) is 5.69 Å². The number of anilines is 2. The first-order valence-corrected chi connectivity index (χ1v) is 7.76. The van der Waals surface area contributed by atoms with Crippen molar-refractivity contribution in [2.75, 3.05) is 11.1 Å². The minimum atomic E-state index is -0.246. The molecule has 7 heteroatoms. The number of para-hydroxylation sites is 1. The topological polar surface area (TPSA) is 90.2 Å². The standard InChI is InChI=1S/C18H16N6O/c1-23-9-5-8-14(23)17-21-16-11-12(10-15(19)24(16)22-17)18(25)20-13-6-3-2-4-7-13/h2-11H,19H2,1H3,(H,20,25). The summed E-state index contributed by atoms with van der Waals surface area (Å²) in [5.74, 6) is 0.660. The zero-order valence-electron chi connectivity index (χ0n) is 13.5. The maximum Gasteiger partial charge on any atom is 0.255 e. The molecule has 0 saturated heterocycles. The van der Waals surface area contributed by atoms with Crippen LogP contribution in [0.15, 0.2) is 60.8 Å². The number of fused-ring (bicyclic) bond motifs is 1. The Morgan fingerprint density at radius 1 is 1.12 bits per heavy atom. The largest absolute Gasteiger partial charge is 0.384 e. The molecule has 0 aliphatic heterocycles. The first kappa shape index (κ1) is 14.9. The fraction of sp³-hybridized carbons (Fsp3) is 0.0556. The van der Waals surface area contributed by atoms with Crippen LogP contribution in [0.4, 0.5) is 11.5 Å². The van der Waals surface area contributed by atoms with Crippen molar-refractivity contribution in [3.8, 4) is 11.5 Å². The fourth-order valence-corrected chi connectivity index (χ4v) is 2.67. The third-order valence-corrected chi connectivity index (χ3v) is 3.93. The number of amides is 1. The summed E-state index contributed by atoms with van der Waals surface area (Å²) in [5.41, 5.74) is 8.61. The zero-order valence-corrected chi connectivity index (χ0v) is 13.5. The number of carbonyl (C=O) groups excluding carboxylic acids is 1. The molecule has 25 heavy (non-hydrogen) atoms. The number of aromatic nitrogens is 4. The summed E-state index contributed by atoms with van der Waals surface area (Å²) in [4.78, 5) is 17.0. The highest BCUT2D eigenvalue weighted by atomic mass is 16.1. The highest BCUT2D eigenvalue weighted by Gasteiger charge is 2.14. The van der Waals surface area contributed by atoms with Crippen molar-refractivity contribution >= 4 is 23.1 Å². The van der Waals surface area contributed by atoms with Crippen molar-refractivity contribution < 1.29 is 4.79 Å². The van der Waals surface area contributed by atoms with Gasteiger partial charge in [-0.1, -0.05) is 18.2 Å². The Balaban J connectivity index is 1.72. The molecule has 1 aromatic carbocycles. The SMILES string of the molecule is Cn1cccc1-c1nc2cc(C(=O)Nc3ccccc3)cc(N)n2n1. The molecule has 0 atom stereocenters. The molecule has 4 rings (SSSR count). The van der Waals surface area contributed by atoms with Gasteiger partial charge in [-0.05, 0) is 36.4 Å². The van der Waals surface area contributed by atoms with Gasteiger partial charge in [-0.25, -0.2) is 4.98 Å². The zero-order chi connectivity index (χ0) is 17.4. The third kappa shape index (κ3) is 2.72. The molecule has 1 amide bonds. The van der Waals surface area contributed by atoms with E-state index in [0.717, 1.165) is 11.4 Å². The van der Waals surface area contributed by atoms with Gasteiger partial charge in [0.2, 0.25) is 0 Å². The Morgan fingerprint density at radius 2 is 1.92 bits per heavy atom. The van der Waals surface area contributed by atoms with E-state index in [0.29, 0.717) is 22.9 Å². The molecular weight excluding hydrogens is 316 g/mol. The summed E-state index contributed by atoms with van der Waals surface area (Å²) in [6.45, 7) is 0. The lowest BCUT2D eigenvalue weighted by molar-refractivity contribution is 0.102. The van der Waals surface area contributed by atoms with E-state index in [4.69, 9.17) is 5.73 Å². The average Bonchev–Trinajstić information content (AvgIpc) is 3.21. The van der Waals surface area contributed by atoms with Crippen molar-refractivity contribution in [3.05, 3.63) is 66.4 Å². The van der Waals surface area contributed by atoms with Crippen LogP contribution < -0.4 is 11.1 Å². The highest BCUT2D eigenvalue weighted by Crippen LogP contribution is 2.20. The molecule has 3 aromatic heterocycles. The monoisotopic (exact) mass is 332 g/mol. The van der Waals surface area contributed by atoms with E-state index < -0.39 is 0 Å². The van der Waals surface area contributed by atoms with E-state index in [-0.39, 0.29) is 5.91 Å². The van der Waals surface area contributed by atoms with Crippen LogP contribution in [0.1, 0.15) is 10.4 Å². The predicted octanol–water partition coefficient (Wildman–Crippen LogP) is 2.57. The van der Waals surface area contributed by atoms with Crippen LogP contribution in [0.25, 0.3) is 17.2 Å². The van der Waals surface area contributed by atoms with Crippen molar-refractivity contribution in [1.29, 1.82) is 0 Å². The van der Waals surface area contributed by atoms with Crippen LogP contribution in [0.5, 0.6) is 0 Å². The van der Waals surface area contributed by atoms with Crippen molar-refractivity contribution in [1.82, 2.24) is 19.2 Å². The number of carbonyl (C=O) groups is 1. The summed E-state index contributed by atoms with van der Waals surface area (Å²) in [7, 11) is 1.92. The van der Waals surface area contributed by atoms with Gasteiger partial charge in [0, 0.05) is 24.5 Å². The lowest BCUT2D eigenvalue weighted by atomic mass is 10.2. The number of hydrogen-bond donors (Lipinski definition) is 2. The van der Waals surface area contributed by atoms with Gasteiger partial charge in [0.15, 0.2) is 11.5 Å². The van der Waals surface area contributed by atoms with E-state index in [1.165, 1.54) is 4.52 Å². The van der Waals surface area contributed by atoms with E-state index >= 15 is 0 Å². The quantitative estimate of drug-likeness (QED) is 0.603. The smallest absolute Gasteiger partial charge is 0.255 e. The number of nitrogens with two attached hydrogens (primary N) is 1. The molecule has 7 nitrogen and oxygen atoms in total. The highest BCUT2D eigenvalue weighted by molar-refractivity contribution is 6.05. The summed E-state index contributed by atoms with van der Waals surface area (Å²) < 4.78 is 3.45. The maximum absolute atomic E-state index is 12.5. The molecule has 124 valence electrons.